The van der Waals surface area contributed by atoms with Crippen LogP contribution in [0.2, 0.25) is 0 Å². The van der Waals surface area contributed by atoms with Crippen LogP contribution in [-0.2, 0) is 6.61 Å². The van der Waals surface area contributed by atoms with Gasteiger partial charge in [-0.05, 0) is 55.0 Å². The van der Waals surface area contributed by atoms with Crippen LogP contribution in [0.4, 0.5) is 4.39 Å². The van der Waals surface area contributed by atoms with Gasteiger partial charge < -0.3 is 9.84 Å². The van der Waals surface area contributed by atoms with Crippen molar-refractivity contribution in [2.24, 2.45) is 0 Å². The maximum absolute atomic E-state index is 14.1. The molecule has 0 aromatic heterocycles. The van der Waals surface area contributed by atoms with E-state index in [-0.39, 0.29) is 12.4 Å². The van der Waals surface area contributed by atoms with Gasteiger partial charge in [-0.15, -0.1) is 0 Å². The first-order chi connectivity index (χ1) is 10.2. The van der Waals surface area contributed by atoms with Crippen molar-refractivity contribution in [3.8, 4) is 16.9 Å². The summed E-state index contributed by atoms with van der Waals surface area (Å²) in [6.45, 7) is 2.36. The Bertz CT molecular complexity index is 648. The molecule has 0 bridgehead atoms. The van der Waals surface area contributed by atoms with Crippen molar-refractivity contribution in [3.05, 3.63) is 53.3 Å². The highest BCUT2D eigenvalue weighted by Gasteiger charge is 2.28. The predicted molar refractivity (Wildman–Crippen MR) is 80.9 cm³/mol. The molecule has 1 aliphatic rings. The first-order valence-electron chi connectivity index (χ1n) is 7.40. The van der Waals surface area contributed by atoms with Crippen molar-refractivity contribution >= 4 is 0 Å². The van der Waals surface area contributed by atoms with Crippen molar-refractivity contribution < 1.29 is 14.2 Å². The molecule has 0 radical (unpaired) electrons. The fourth-order valence-corrected chi connectivity index (χ4v) is 2.70. The van der Waals surface area contributed by atoms with E-state index in [4.69, 9.17) is 4.74 Å². The van der Waals surface area contributed by atoms with Crippen LogP contribution in [0.5, 0.6) is 5.75 Å². The molecule has 0 heterocycles. The van der Waals surface area contributed by atoms with Gasteiger partial charge in [-0.3, -0.25) is 0 Å². The van der Waals surface area contributed by atoms with E-state index in [1.807, 2.05) is 25.1 Å². The van der Waals surface area contributed by atoms with Gasteiger partial charge in [0.25, 0.3) is 0 Å². The number of hydrogen-bond acceptors (Lipinski definition) is 2. The van der Waals surface area contributed by atoms with Gasteiger partial charge in [0.15, 0.2) is 0 Å². The minimum Gasteiger partial charge on any atom is -0.493 e. The topological polar surface area (TPSA) is 29.5 Å². The summed E-state index contributed by atoms with van der Waals surface area (Å²) in [5, 5.41) is 9.53. The predicted octanol–water partition coefficient (Wildman–Crippen LogP) is 4.26. The average Bonchev–Trinajstić information content (AvgIpc) is 3.32. The zero-order valence-electron chi connectivity index (χ0n) is 12.1. The number of halogens is 1. The molecular formula is C18H19FO2. The molecule has 0 saturated heterocycles. The van der Waals surface area contributed by atoms with Gasteiger partial charge in [-0.1, -0.05) is 18.2 Å². The maximum Gasteiger partial charge on any atom is 0.131 e. The minimum atomic E-state index is -0.224. The summed E-state index contributed by atoms with van der Waals surface area (Å²) >= 11 is 0. The third-order valence-corrected chi connectivity index (χ3v) is 3.88. The van der Waals surface area contributed by atoms with Gasteiger partial charge in [0.2, 0.25) is 0 Å². The normalized spacial score (nSPS) is 14.2. The zero-order valence-corrected chi connectivity index (χ0v) is 12.1. The molecule has 0 spiro atoms. The molecule has 1 saturated carbocycles. The van der Waals surface area contributed by atoms with Crippen LogP contribution in [0.1, 0.15) is 36.8 Å². The van der Waals surface area contributed by atoms with Crippen LogP contribution in [0, 0.1) is 5.82 Å². The fourth-order valence-electron chi connectivity index (χ4n) is 2.70. The molecule has 3 rings (SSSR count). The molecule has 3 heteroatoms. The van der Waals surface area contributed by atoms with Crippen LogP contribution in [0.3, 0.4) is 0 Å². The smallest absolute Gasteiger partial charge is 0.131 e. The Morgan fingerprint density at radius 2 is 1.95 bits per heavy atom. The highest BCUT2D eigenvalue weighted by molar-refractivity contribution is 5.72. The zero-order chi connectivity index (χ0) is 14.8. The molecule has 0 aliphatic heterocycles. The molecule has 1 N–H and O–H groups in total. The third kappa shape index (κ3) is 2.79. The molecule has 1 aliphatic carbocycles. The quantitative estimate of drug-likeness (QED) is 0.890. The molecule has 1 fully saturated rings. The van der Waals surface area contributed by atoms with Crippen molar-refractivity contribution in [1.82, 2.24) is 0 Å². The summed E-state index contributed by atoms with van der Waals surface area (Å²) in [5.74, 6) is 0.891. The van der Waals surface area contributed by atoms with Gasteiger partial charge >= 0.3 is 0 Å². The number of aliphatic hydroxyl groups excluding tert-OH is 1. The second-order valence-corrected chi connectivity index (χ2v) is 5.39. The standard InChI is InChI=1S/C18H19FO2/c1-2-21-18-10-16(14-5-3-4-6-17(14)19)15(12-7-8-12)9-13(18)11-20/h3-6,9-10,12,20H,2,7-8,11H2,1H3. The van der Waals surface area contributed by atoms with E-state index in [2.05, 4.69) is 0 Å². The number of aliphatic hydroxyl groups is 1. The monoisotopic (exact) mass is 286 g/mol. The lowest BCUT2D eigenvalue weighted by Crippen LogP contribution is -2.00. The molecule has 2 aromatic carbocycles. The molecule has 0 unspecified atom stereocenters. The van der Waals surface area contributed by atoms with Crippen LogP contribution >= 0.6 is 0 Å². The molecule has 2 nitrogen and oxygen atoms in total. The van der Waals surface area contributed by atoms with Gasteiger partial charge in [0.05, 0.1) is 13.2 Å². The van der Waals surface area contributed by atoms with Crippen LogP contribution < -0.4 is 4.74 Å². The molecular weight excluding hydrogens is 267 g/mol. The second-order valence-electron chi connectivity index (χ2n) is 5.39. The van der Waals surface area contributed by atoms with E-state index in [1.54, 1.807) is 12.1 Å². The Kier molecular flexibility index (Phi) is 3.93. The Morgan fingerprint density at radius 1 is 1.19 bits per heavy atom. The lowest BCUT2D eigenvalue weighted by molar-refractivity contribution is 0.267. The first-order valence-corrected chi connectivity index (χ1v) is 7.40. The van der Waals surface area contributed by atoms with Crippen LogP contribution in [0.25, 0.3) is 11.1 Å². The summed E-state index contributed by atoms with van der Waals surface area (Å²) in [5.41, 5.74) is 3.38. The highest BCUT2D eigenvalue weighted by Crippen LogP contribution is 2.46. The highest BCUT2D eigenvalue weighted by atomic mass is 19.1. The van der Waals surface area contributed by atoms with Crippen molar-refractivity contribution in [1.29, 1.82) is 0 Å². The van der Waals surface area contributed by atoms with E-state index < -0.39 is 0 Å². The molecule has 21 heavy (non-hydrogen) atoms. The molecule has 2 aromatic rings. The lowest BCUT2D eigenvalue weighted by atomic mass is 9.93. The minimum absolute atomic E-state index is 0.0629. The van der Waals surface area contributed by atoms with Crippen molar-refractivity contribution in [3.63, 3.8) is 0 Å². The van der Waals surface area contributed by atoms with Crippen molar-refractivity contribution in [2.75, 3.05) is 6.61 Å². The first kappa shape index (κ1) is 14.1. The lowest BCUT2D eigenvalue weighted by Gasteiger charge is -2.16. The fraction of sp³-hybridized carbons (Fsp3) is 0.333. The largest absolute Gasteiger partial charge is 0.493 e. The third-order valence-electron chi connectivity index (χ3n) is 3.88. The summed E-state index contributed by atoms with van der Waals surface area (Å²) in [4.78, 5) is 0. The Labute approximate surface area is 124 Å². The molecule has 0 atom stereocenters. The van der Waals surface area contributed by atoms with Gasteiger partial charge in [-0.2, -0.15) is 0 Å². The van der Waals surface area contributed by atoms with Gasteiger partial charge in [0, 0.05) is 11.1 Å². The Balaban J connectivity index is 2.17. The number of rotatable bonds is 5. The molecule has 0 amide bonds. The summed E-state index contributed by atoms with van der Waals surface area (Å²) in [7, 11) is 0. The Hall–Kier alpha value is -1.87. The van der Waals surface area contributed by atoms with Crippen LogP contribution in [-0.4, -0.2) is 11.7 Å². The SMILES string of the molecule is CCOc1cc(-c2ccccc2F)c(C2CC2)cc1CO. The van der Waals surface area contributed by atoms with E-state index in [9.17, 15) is 9.50 Å². The average molecular weight is 286 g/mol. The van der Waals surface area contributed by atoms with E-state index in [1.165, 1.54) is 6.07 Å². The number of hydrogen-bond donors (Lipinski definition) is 1. The molecule has 110 valence electrons. The maximum atomic E-state index is 14.1. The van der Waals surface area contributed by atoms with Gasteiger partial charge in [0.1, 0.15) is 11.6 Å². The second kappa shape index (κ2) is 5.86. The van der Waals surface area contributed by atoms with Crippen LogP contribution in [0.15, 0.2) is 36.4 Å². The summed E-state index contributed by atoms with van der Waals surface area (Å²) < 4.78 is 19.8. The van der Waals surface area contributed by atoms with Gasteiger partial charge in [-0.25, -0.2) is 4.39 Å². The summed E-state index contributed by atoms with van der Waals surface area (Å²) in [6.07, 6.45) is 2.25. The summed E-state index contributed by atoms with van der Waals surface area (Å²) in [6, 6.07) is 10.7. The van der Waals surface area contributed by atoms with E-state index in [0.717, 1.165) is 29.5 Å². The van der Waals surface area contributed by atoms with E-state index in [0.29, 0.717) is 23.8 Å². The van der Waals surface area contributed by atoms with Crippen molar-refractivity contribution in [2.45, 2.75) is 32.3 Å². The van der Waals surface area contributed by atoms with E-state index >= 15 is 0 Å². The number of ether oxygens (including phenoxy) is 1. The number of benzene rings is 2. The Morgan fingerprint density at radius 3 is 2.57 bits per heavy atom.